The molecule has 26 heavy (non-hydrogen) atoms. The largest absolute Gasteiger partial charge is 0.493 e. The summed E-state index contributed by atoms with van der Waals surface area (Å²) in [5.41, 5.74) is 3.15. The summed E-state index contributed by atoms with van der Waals surface area (Å²) in [7, 11) is 3.21. The number of amides is 1. The molecule has 2 aromatic carbocycles. The zero-order valence-electron chi connectivity index (χ0n) is 16.3. The molecule has 1 N–H and O–H groups in total. The van der Waals surface area contributed by atoms with Crippen molar-refractivity contribution in [2.75, 3.05) is 19.5 Å². The molecule has 0 spiro atoms. The van der Waals surface area contributed by atoms with Crippen LogP contribution in [0.3, 0.4) is 0 Å². The van der Waals surface area contributed by atoms with Gasteiger partial charge < -0.3 is 14.8 Å². The fourth-order valence-corrected chi connectivity index (χ4v) is 3.61. The number of thioether (sulfide) groups is 1. The number of anilines is 1. The molecule has 0 aliphatic carbocycles. The molecule has 0 heterocycles. The van der Waals surface area contributed by atoms with Crippen LogP contribution in [0, 0.1) is 6.92 Å². The number of aryl methyl sites for hydroxylation is 1. The molecule has 0 fully saturated rings. The Morgan fingerprint density at radius 2 is 1.73 bits per heavy atom. The topological polar surface area (TPSA) is 47.6 Å². The number of para-hydroxylation sites is 1. The Morgan fingerprint density at radius 3 is 2.35 bits per heavy atom. The second-order valence-electron chi connectivity index (χ2n) is 6.46. The third kappa shape index (κ3) is 4.73. The van der Waals surface area contributed by atoms with Crippen molar-refractivity contribution >= 4 is 23.4 Å². The van der Waals surface area contributed by atoms with Crippen molar-refractivity contribution in [3.8, 4) is 11.5 Å². The summed E-state index contributed by atoms with van der Waals surface area (Å²) >= 11 is 1.49. The lowest BCUT2D eigenvalue weighted by atomic mass is 9.98. The average molecular weight is 374 g/mol. The summed E-state index contributed by atoms with van der Waals surface area (Å²) in [6, 6.07) is 11.8. The number of carbonyl (C=O) groups excluding carboxylic acids is 1. The zero-order valence-corrected chi connectivity index (χ0v) is 17.1. The Kier molecular flexibility index (Phi) is 6.98. The lowest BCUT2D eigenvalue weighted by Gasteiger charge is -2.19. The van der Waals surface area contributed by atoms with E-state index in [0.717, 1.165) is 21.7 Å². The Balaban J connectivity index is 2.14. The molecule has 140 valence electrons. The van der Waals surface area contributed by atoms with Gasteiger partial charge in [0.05, 0.1) is 19.5 Å². The molecule has 0 aromatic heterocycles. The third-order valence-corrected chi connectivity index (χ3v) is 5.31. The van der Waals surface area contributed by atoms with E-state index in [-0.39, 0.29) is 11.2 Å². The molecule has 0 bridgehead atoms. The van der Waals surface area contributed by atoms with Crippen LogP contribution in [0.2, 0.25) is 0 Å². The average Bonchev–Trinajstić information content (AvgIpc) is 2.62. The number of nitrogens with one attached hydrogen (secondary N) is 1. The van der Waals surface area contributed by atoms with Crippen LogP contribution in [0.4, 0.5) is 5.69 Å². The number of ether oxygens (including phenoxy) is 2. The highest BCUT2D eigenvalue weighted by Crippen LogP contribution is 2.34. The van der Waals surface area contributed by atoms with Crippen LogP contribution in [0.25, 0.3) is 0 Å². The van der Waals surface area contributed by atoms with Crippen LogP contribution >= 0.6 is 11.8 Å². The molecular weight excluding hydrogens is 346 g/mol. The maximum Gasteiger partial charge on any atom is 0.237 e. The predicted molar refractivity (Wildman–Crippen MR) is 109 cm³/mol. The van der Waals surface area contributed by atoms with Gasteiger partial charge in [-0.25, -0.2) is 0 Å². The van der Waals surface area contributed by atoms with E-state index in [1.165, 1.54) is 11.8 Å². The Hall–Kier alpha value is -2.14. The van der Waals surface area contributed by atoms with E-state index in [0.29, 0.717) is 17.4 Å². The van der Waals surface area contributed by atoms with E-state index in [4.69, 9.17) is 9.47 Å². The lowest BCUT2D eigenvalue weighted by molar-refractivity contribution is -0.115. The van der Waals surface area contributed by atoms with Crippen LogP contribution in [0.15, 0.2) is 41.3 Å². The van der Waals surface area contributed by atoms with Crippen LogP contribution in [0.5, 0.6) is 11.5 Å². The second-order valence-corrected chi connectivity index (χ2v) is 7.87. The number of carbonyl (C=O) groups is 1. The maximum atomic E-state index is 12.7. The van der Waals surface area contributed by atoms with Crippen molar-refractivity contribution in [3.05, 3.63) is 47.5 Å². The van der Waals surface area contributed by atoms with Crippen LogP contribution in [-0.2, 0) is 4.79 Å². The lowest BCUT2D eigenvalue weighted by Crippen LogP contribution is -2.23. The molecule has 5 heteroatoms. The molecule has 1 atom stereocenters. The fraction of sp³-hybridized carbons (Fsp3) is 0.381. The molecule has 0 radical (unpaired) electrons. The minimum absolute atomic E-state index is 0.0130. The first-order chi connectivity index (χ1) is 12.4. The molecular formula is C21H27NO3S. The second kappa shape index (κ2) is 8.99. The number of hydrogen-bond donors (Lipinski definition) is 1. The standard InChI is InChI=1S/C21H27NO3S/c1-13(2)17-9-7-8-14(3)20(17)22-21(23)15(4)26-16-10-11-18(24-5)19(12-16)25-6/h7-13,15H,1-6H3,(H,22,23)/t15-/m0/s1. The number of rotatable bonds is 7. The molecule has 0 aliphatic heterocycles. The maximum absolute atomic E-state index is 12.7. The number of hydrogen-bond acceptors (Lipinski definition) is 4. The minimum Gasteiger partial charge on any atom is -0.493 e. The van der Waals surface area contributed by atoms with Crippen molar-refractivity contribution in [1.82, 2.24) is 0 Å². The van der Waals surface area contributed by atoms with Gasteiger partial charge in [-0.1, -0.05) is 32.0 Å². The van der Waals surface area contributed by atoms with Crippen molar-refractivity contribution in [2.45, 2.75) is 43.8 Å². The van der Waals surface area contributed by atoms with Crippen molar-refractivity contribution in [2.24, 2.45) is 0 Å². The first-order valence-corrected chi connectivity index (χ1v) is 9.54. The normalized spacial score (nSPS) is 12.0. The van der Waals surface area contributed by atoms with Crippen LogP contribution in [-0.4, -0.2) is 25.4 Å². The predicted octanol–water partition coefficient (Wildman–Crippen LogP) is 5.25. The summed E-state index contributed by atoms with van der Waals surface area (Å²) in [6.07, 6.45) is 0. The van der Waals surface area contributed by atoms with Crippen LogP contribution < -0.4 is 14.8 Å². The van der Waals surface area contributed by atoms with E-state index >= 15 is 0 Å². The smallest absolute Gasteiger partial charge is 0.237 e. The van der Waals surface area contributed by atoms with Gasteiger partial charge in [-0.3, -0.25) is 4.79 Å². The van der Waals surface area contributed by atoms with Gasteiger partial charge in [0.2, 0.25) is 5.91 Å². The molecule has 2 rings (SSSR count). The van der Waals surface area contributed by atoms with Gasteiger partial charge in [-0.05, 0) is 49.1 Å². The molecule has 2 aromatic rings. The highest BCUT2D eigenvalue weighted by atomic mass is 32.2. The molecule has 0 saturated heterocycles. The van der Waals surface area contributed by atoms with E-state index < -0.39 is 0 Å². The minimum atomic E-state index is -0.243. The zero-order chi connectivity index (χ0) is 19.3. The highest BCUT2D eigenvalue weighted by Gasteiger charge is 2.18. The van der Waals surface area contributed by atoms with Crippen molar-refractivity contribution in [1.29, 1.82) is 0 Å². The van der Waals surface area contributed by atoms with Gasteiger partial charge >= 0.3 is 0 Å². The first-order valence-electron chi connectivity index (χ1n) is 8.66. The number of benzene rings is 2. The van der Waals surface area contributed by atoms with Gasteiger partial charge in [-0.2, -0.15) is 0 Å². The van der Waals surface area contributed by atoms with Crippen molar-refractivity contribution in [3.63, 3.8) is 0 Å². The van der Waals surface area contributed by atoms with Gasteiger partial charge in [0, 0.05) is 10.6 Å². The third-order valence-electron chi connectivity index (χ3n) is 4.21. The molecule has 1 amide bonds. The van der Waals surface area contributed by atoms with E-state index in [1.54, 1.807) is 14.2 Å². The molecule has 0 saturated carbocycles. The van der Waals surface area contributed by atoms with Crippen molar-refractivity contribution < 1.29 is 14.3 Å². The summed E-state index contributed by atoms with van der Waals surface area (Å²) in [5.74, 6) is 1.67. The summed E-state index contributed by atoms with van der Waals surface area (Å²) < 4.78 is 10.6. The Labute approximate surface area is 160 Å². The molecule has 0 unspecified atom stereocenters. The van der Waals surface area contributed by atoms with Gasteiger partial charge in [0.15, 0.2) is 11.5 Å². The van der Waals surface area contributed by atoms with Gasteiger partial charge in [0.1, 0.15) is 0 Å². The Bertz CT molecular complexity index is 774. The summed E-state index contributed by atoms with van der Waals surface area (Å²) in [6.45, 7) is 8.19. The number of methoxy groups -OCH3 is 2. The SMILES string of the molecule is COc1ccc(S[C@@H](C)C(=O)Nc2c(C)cccc2C(C)C)cc1OC. The highest BCUT2D eigenvalue weighted by molar-refractivity contribution is 8.00. The monoisotopic (exact) mass is 373 g/mol. The Morgan fingerprint density at radius 1 is 1.04 bits per heavy atom. The summed E-state index contributed by atoms with van der Waals surface area (Å²) in [4.78, 5) is 13.7. The summed E-state index contributed by atoms with van der Waals surface area (Å²) in [5, 5.41) is 2.87. The molecule has 4 nitrogen and oxygen atoms in total. The van der Waals surface area contributed by atoms with Gasteiger partial charge in [-0.15, -0.1) is 11.8 Å². The fourth-order valence-electron chi connectivity index (χ4n) is 2.71. The quantitative estimate of drug-likeness (QED) is 0.673. The van der Waals surface area contributed by atoms with E-state index in [9.17, 15) is 4.79 Å². The molecule has 0 aliphatic rings. The van der Waals surface area contributed by atoms with Crippen LogP contribution in [0.1, 0.15) is 37.8 Å². The van der Waals surface area contributed by atoms with E-state index in [2.05, 4.69) is 25.2 Å². The van der Waals surface area contributed by atoms with E-state index in [1.807, 2.05) is 44.2 Å². The van der Waals surface area contributed by atoms with Gasteiger partial charge in [0.25, 0.3) is 0 Å². The first kappa shape index (κ1) is 20.2.